The highest BCUT2D eigenvalue weighted by Crippen LogP contribution is 2.21. The predicted molar refractivity (Wildman–Crippen MR) is 129 cm³/mol. The average molecular weight is 444 g/mol. The highest BCUT2D eigenvalue weighted by molar-refractivity contribution is 6.06. The molecule has 0 saturated heterocycles. The predicted octanol–water partition coefficient (Wildman–Crippen LogP) is 3.42. The van der Waals surface area contributed by atoms with Crippen LogP contribution in [0.15, 0.2) is 73.1 Å². The van der Waals surface area contributed by atoms with Gasteiger partial charge < -0.3 is 14.8 Å². The van der Waals surface area contributed by atoms with E-state index in [1.54, 1.807) is 26.4 Å². The first-order valence-corrected chi connectivity index (χ1v) is 11.1. The van der Waals surface area contributed by atoms with Crippen LogP contribution in [0, 0.1) is 0 Å². The molecule has 2 heterocycles. The first kappa shape index (κ1) is 22.3. The van der Waals surface area contributed by atoms with Gasteiger partial charge in [0.2, 0.25) is 0 Å². The third-order valence-corrected chi connectivity index (χ3v) is 6.14. The standard InChI is InChI=1S/C26H29N5O2/c1-29-16-8-13-24(29)25(32)27-15-14-20(17-19-9-5-4-6-10-19)30(2)26(33)21-11-7-12-23-22(21)18-28-31(23)3/h4-13,16,18,20H,14-15,17H2,1-3H3,(H,27,32)/t20-/m1/s1. The summed E-state index contributed by atoms with van der Waals surface area (Å²) in [5.74, 6) is -0.168. The van der Waals surface area contributed by atoms with Crippen LogP contribution in [0.4, 0.5) is 0 Å². The number of aromatic nitrogens is 3. The number of fused-ring (bicyclic) bond motifs is 1. The second-order valence-corrected chi connectivity index (χ2v) is 8.32. The average Bonchev–Trinajstić information content (AvgIpc) is 3.43. The first-order chi connectivity index (χ1) is 16.0. The molecule has 7 heteroatoms. The van der Waals surface area contributed by atoms with Gasteiger partial charge in [-0.25, -0.2) is 0 Å². The number of likely N-dealkylation sites (N-methyl/N-ethyl adjacent to an activating group) is 1. The fourth-order valence-electron chi connectivity index (χ4n) is 4.18. The van der Waals surface area contributed by atoms with Crippen LogP contribution in [0.5, 0.6) is 0 Å². The summed E-state index contributed by atoms with van der Waals surface area (Å²) in [5.41, 5.74) is 3.32. The number of amides is 2. The van der Waals surface area contributed by atoms with Crippen molar-refractivity contribution in [1.82, 2.24) is 24.6 Å². The van der Waals surface area contributed by atoms with E-state index in [4.69, 9.17) is 0 Å². The molecular formula is C26H29N5O2. The number of carbonyl (C=O) groups excluding carboxylic acids is 2. The molecule has 4 aromatic rings. The molecule has 0 saturated carbocycles. The van der Waals surface area contributed by atoms with E-state index in [0.717, 1.165) is 16.5 Å². The maximum absolute atomic E-state index is 13.5. The minimum Gasteiger partial charge on any atom is -0.351 e. The normalized spacial score (nSPS) is 12.0. The van der Waals surface area contributed by atoms with Crippen molar-refractivity contribution < 1.29 is 9.59 Å². The number of benzene rings is 2. The maximum atomic E-state index is 13.5. The lowest BCUT2D eigenvalue weighted by atomic mass is 10.0. The zero-order valence-electron chi connectivity index (χ0n) is 19.2. The van der Waals surface area contributed by atoms with Crippen molar-refractivity contribution >= 4 is 22.7 Å². The third-order valence-electron chi connectivity index (χ3n) is 6.14. The molecule has 33 heavy (non-hydrogen) atoms. The van der Waals surface area contributed by atoms with Crippen molar-refractivity contribution in [2.75, 3.05) is 13.6 Å². The van der Waals surface area contributed by atoms with E-state index in [1.807, 2.05) is 69.8 Å². The van der Waals surface area contributed by atoms with Gasteiger partial charge in [-0.1, -0.05) is 36.4 Å². The zero-order valence-corrected chi connectivity index (χ0v) is 19.2. The first-order valence-electron chi connectivity index (χ1n) is 11.1. The van der Waals surface area contributed by atoms with E-state index in [9.17, 15) is 9.59 Å². The summed E-state index contributed by atoms with van der Waals surface area (Å²) in [6, 6.07) is 19.4. The molecule has 0 spiro atoms. The van der Waals surface area contributed by atoms with Crippen LogP contribution < -0.4 is 5.32 Å². The van der Waals surface area contributed by atoms with Gasteiger partial charge in [0, 0.05) is 45.3 Å². The van der Waals surface area contributed by atoms with E-state index in [-0.39, 0.29) is 17.9 Å². The van der Waals surface area contributed by atoms with Gasteiger partial charge in [0.1, 0.15) is 5.69 Å². The number of carbonyl (C=O) groups is 2. The Morgan fingerprint density at radius 1 is 1.03 bits per heavy atom. The van der Waals surface area contributed by atoms with Crippen molar-refractivity contribution in [3.05, 3.63) is 89.9 Å². The van der Waals surface area contributed by atoms with E-state index in [0.29, 0.717) is 30.6 Å². The smallest absolute Gasteiger partial charge is 0.267 e. The number of hydrogen-bond acceptors (Lipinski definition) is 3. The second kappa shape index (κ2) is 9.73. The monoisotopic (exact) mass is 443 g/mol. The molecular weight excluding hydrogens is 414 g/mol. The number of nitrogens with zero attached hydrogens (tertiary/aromatic N) is 4. The van der Waals surface area contributed by atoms with Crippen LogP contribution >= 0.6 is 0 Å². The van der Waals surface area contributed by atoms with Crippen molar-refractivity contribution in [2.24, 2.45) is 14.1 Å². The quantitative estimate of drug-likeness (QED) is 0.454. The Kier molecular flexibility index (Phi) is 6.58. The Morgan fingerprint density at radius 2 is 1.82 bits per heavy atom. The lowest BCUT2D eigenvalue weighted by molar-refractivity contribution is 0.0724. The molecule has 0 unspecified atom stereocenters. The van der Waals surface area contributed by atoms with Crippen LogP contribution in [0.2, 0.25) is 0 Å². The van der Waals surface area contributed by atoms with Crippen LogP contribution in [0.1, 0.15) is 32.8 Å². The molecule has 0 aliphatic rings. The Labute approximate surface area is 193 Å². The van der Waals surface area contributed by atoms with Crippen LogP contribution in [-0.4, -0.2) is 50.7 Å². The van der Waals surface area contributed by atoms with Gasteiger partial charge in [-0.15, -0.1) is 0 Å². The number of rotatable bonds is 8. The summed E-state index contributed by atoms with van der Waals surface area (Å²) in [7, 11) is 5.55. The topological polar surface area (TPSA) is 72.2 Å². The summed E-state index contributed by atoms with van der Waals surface area (Å²) in [6.45, 7) is 0.468. The molecule has 4 rings (SSSR count). The molecule has 0 aliphatic carbocycles. The molecule has 1 atom stereocenters. The van der Waals surface area contributed by atoms with Gasteiger partial charge in [0.05, 0.1) is 17.3 Å². The largest absolute Gasteiger partial charge is 0.351 e. The molecule has 2 aromatic heterocycles. The summed E-state index contributed by atoms with van der Waals surface area (Å²) >= 11 is 0. The van der Waals surface area contributed by atoms with Crippen molar-refractivity contribution in [2.45, 2.75) is 18.9 Å². The Morgan fingerprint density at radius 3 is 2.55 bits per heavy atom. The minimum absolute atomic E-state index is 0.0525. The lowest BCUT2D eigenvalue weighted by Gasteiger charge is -2.29. The maximum Gasteiger partial charge on any atom is 0.267 e. The second-order valence-electron chi connectivity index (χ2n) is 8.32. The summed E-state index contributed by atoms with van der Waals surface area (Å²) in [6.07, 6.45) is 4.92. The summed E-state index contributed by atoms with van der Waals surface area (Å²) in [5, 5.41) is 8.15. The van der Waals surface area contributed by atoms with Crippen LogP contribution in [-0.2, 0) is 20.5 Å². The molecule has 2 aromatic carbocycles. The van der Waals surface area contributed by atoms with Crippen LogP contribution in [0.25, 0.3) is 10.9 Å². The minimum atomic E-state index is -0.116. The van der Waals surface area contributed by atoms with Gasteiger partial charge in [0.15, 0.2) is 0 Å². The highest BCUT2D eigenvalue weighted by Gasteiger charge is 2.24. The van der Waals surface area contributed by atoms with Gasteiger partial charge >= 0.3 is 0 Å². The fourth-order valence-corrected chi connectivity index (χ4v) is 4.18. The van der Waals surface area contributed by atoms with E-state index in [2.05, 4.69) is 22.5 Å². The Balaban J connectivity index is 1.52. The fraction of sp³-hybridized carbons (Fsp3) is 0.269. The number of hydrogen-bond donors (Lipinski definition) is 1. The van der Waals surface area contributed by atoms with Crippen molar-refractivity contribution in [1.29, 1.82) is 0 Å². The zero-order chi connectivity index (χ0) is 23.4. The van der Waals surface area contributed by atoms with Gasteiger partial charge in [0.25, 0.3) is 11.8 Å². The molecule has 170 valence electrons. The SMILES string of the molecule is CN(C(=O)c1cccc2c1cnn2C)[C@H](CCNC(=O)c1cccn1C)Cc1ccccc1. The van der Waals surface area contributed by atoms with Gasteiger partial charge in [-0.05, 0) is 42.7 Å². The molecule has 7 nitrogen and oxygen atoms in total. The highest BCUT2D eigenvalue weighted by atomic mass is 16.2. The molecule has 0 bridgehead atoms. The third kappa shape index (κ3) is 4.82. The molecule has 0 radical (unpaired) electrons. The van der Waals surface area contributed by atoms with Gasteiger partial charge in [-0.3, -0.25) is 14.3 Å². The number of aryl methyl sites for hydroxylation is 2. The van der Waals surface area contributed by atoms with E-state index < -0.39 is 0 Å². The van der Waals surface area contributed by atoms with E-state index >= 15 is 0 Å². The lowest BCUT2D eigenvalue weighted by Crippen LogP contribution is -2.41. The molecule has 2 amide bonds. The van der Waals surface area contributed by atoms with Gasteiger partial charge in [-0.2, -0.15) is 5.10 Å². The molecule has 0 fully saturated rings. The van der Waals surface area contributed by atoms with Crippen molar-refractivity contribution in [3.63, 3.8) is 0 Å². The van der Waals surface area contributed by atoms with Crippen molar-refractivity contribution in [3.8, 4) is 0 Å². The molecule has 0 aliphatic heterocycles. The van der Waals surface area contributed by atoms with E-state index in [1.165, 1.54) is 0 Å². The Bertz CT molecular complexity index is 1260. The van der Waals surface area contributed by atoms with Crippen LogP contribution in [0.3, 0.4) is 0 Å². The molecule has 1 N–H and O–H groups in total. The summed E-state index contributed by atoms with van der Waals surface area (Å²) in [4.78, 5) is 27.8. The summed E-state index contributed by atoms with van der Waals surface area (Å²) < 4.78 is 3.56. The number of nitrogens with one attached hydrogen (secondary N) is 1. The Hall–Kier alpha value is -3.87.